The number of carboxylic acid groups (broad SMARTS) is 1. The van der Waals surface area contributed by atoms with Gasteiger partial charge in [-0.3, -0.25) is 4.79 Å². The Balaban J connectivity index is 0. The molecule has 2 nitrogen and oxygen atoms in total. The molecule has 0 saturated carbocycles. The largest absolute Gasteiger partial charge is 0.481 e. The summed E-state index contributed by atoms with van der Waals surface area (Å²) >= 11 is 0. The van der Waals surface area contributed by atoms with Crippen molar-refractivity contribution in [2.24, 2.45) is 0 Å². The molecule has 0 rings (SSSR count). The van der Waals surface area contributed by atoms with Gasteiger partial charge in [-0.1, -0.05) is 77.6 Å². The average molecular weight is 269 g/mol. The van der Waals surface area contributed by atoms with Gasteiger partial charge in [-0.25, -0.2) is 0 Å². The van der Waals surface area contributed by atoms with Crippen LogP contribution in [-0.2, 0) is 4.79 Å². The van der Waals surface area contributed by atoms with Crippen molar-refractivity contribution in [1.82, 2.24) is 0 Å². The molecule has 0 aromatic carbocycles. The summed E-state index contributed by atoms with van der Waals surface area (Å²) < 4.78 is 0. The molecule has 18 heavy (non-hydrogen) atoms. The lowest BCUT2D eigenvalue weighted by atomic mass is 10.0. The predicted octanol–water partition coefficient (Wildman–Crippen LogP) is 4.25. The molecule has 0 aliphatic carbocycles. The minimum Gasteiger partial charge on any atom is -0.481 e. The molecule has 0 bridgehead atoms. The molecule has 0 heterocycles. The average Bonchev–Trinajstić information content (AvgIpc) is 2.30. The maximum absolute atomic E-state index is 10.3. The highest BCUT2D eigenvalue weighted by Crippen LogP contribution is 2.12. The monoisotopic (exact) mass is 268 g/mol. The lowest BCUT2D eigenvalue weighted by molar-refractivity contribution is -0.137. The SMILES string of the molecule is CCCCCCCCCCCCCCC(=O)O.[MgH2]. The number of carbonyl (C=O) groups is 1. The molecule has 0 aliphatic heterocycles. The molecule has 0 unspecified atom stereocenters. The van der Waals surface area contributed by atoms with Gasteiger partial charge >= 0.3 is 29.0 Å². The number of carboxylic acids is 1. The standard InChI is InChI=1S/C15H30O2.Mg.2H/c1-2-3-4-5-6-7-8-9-10-11-12-13-14-15(16)17;;;/h2-14H2,1H3,(H,16,17);;;. The van der Waals surface area contributed by atoms with Crippen molar-refractivity contribution in [1.29, 1.82) is 0 Å². The Hall–Kier alpha value is 0.236. The van der Waals surface area contributed by atoms with Gasteiger partial charge in [-0.05, 0) is 6.42 Å². The Kier molecular flexibility index (Phi) is 19.7. The fourth-order valence-corrected chi connectivity index (χ4v) is 2.12. The van der Waals surface area contributed by atoms with Gasteiger partial charge in [0.1, 0.15) is 0 Å². The predicted molar refractivity (Wildman–Crippen MR) is 81.9 cm³/mol. The Morgan fingerprint density at radius 2 is 1.06 bits per heavy atom. The van der Waals surface area contributed by atoms with Crippen LogP contribution in [0.25, 0.3) is 0 Å². The van der Waals surface area contributed by atoms with E-state index in [1.165, 1.54) is 64.2 Å². The van der Waals surface area contributed by atoms with E-state index in [0.717, 1.165) is 12.8 Å². The van der Waals surface area contributed by atoms with Crippen molar-refractivity contribution in [2.45, 2.75) is 90.4 Å². The number of hydrogen-bond donors (Lipinski definition) is 1. The van der Waals surface area contributed by atoms with Gasteiger partial charge < -0.3 is 5.11 Å². The highest BCUT2D eigenvalue weighted by atomic mass is 24.3. The summed E-state index contributed by atoms with van der Waals surface area (Å²) in [5.41, 5.74) is 0. The third kappa shape index (κ3) is 18.6. The minimum absolute atomic E-state index is 0. The van der Waals surface area contributed by atoms with E-state index in [0.29, 0.717) is 6.42 Å². The van der Waals surface area contributed by atoms with Crippen molar-refractivity contribution in [3.63, 3.8) is 0 Å². The first-order chi connectivity index (χ1) is 8.27. The molecule has 0 spiro atoms. The highest BCUT2D eigenvalue weighted by molar-refractivity contribution is 5.75. The van der Waals surface area contributed by atoms with E-state index < -0.39 is 5.97 Å². The Morgan fingerprint density at radius 3 is 1.39 bits per heavy atom. The number of rotatable bonds is 13. The van der Waals surface area contributed by atoms with Crippen molar-refractivity contribution < 1.29 is 9.90 Å². The first kappa shape index (κ1) is 20.6. The van der Waals surface area contributed by atoms with Gasteiger partial charge in [-0.2, -0.15) is 0 Å². The van der Waals surface area contributed by atoms with Crippen LogP contribution in [-0.4, -0.2) is 34.1 Å². The van der Waals surface area contributed by atoms with E-state index in [4.69, 9.17) is 5.11 Å². The zero-order valence-corrected chi connectivity index (χ0v) is 11.5. The van der Waals surface area contributed by atoms with Gasteiger partial charge in [-0.15, -0.1) is 0 Å². The molecular formula is C15H32MgO2. The van der Waals surface area contributed by atoms with Crippen LogP contribution in [0.4, 0.5) is 0 Å². The van der Waals surface area contributed by atoms with Crippen LogP contribution in [0.3, 0.4) is 0 Å². The summed E-state index contributed by atoms with van der Waals surface area (Å²) in [7, 11) is 0. The number of unbranched alkanes of at least 4 members (excludes halogenated alkanes) is 11. The van der Waals surface area contributed by atoms with Crippen LogP contribution in [0.15, 0.2) is 0 Å². The number of aliphatic carboxylic acids is 1. The molecule has 0 amide bonds. The smallest absolute Gasteiger partial charge is 0.316 e. The van der Waals surface area contributed by atoms with E-state index in [1.54, 1.807) is 0 Å². The third-order valence-corrected chi connectivity index (χ3v) is 3.24. The van der Waals surface area contributed by atoms with Crippen LogP contribution in [0.2, 0.25) is 0 Å². The second kappa shape index (κ2) is 17.2. The van der Waals surface area contributed by atoms with E-state index >= 15 is 0 Å². The fraction of sp³-hybridized carbons (Fsp3) is 0.933. The molecule has 0 aliphatic rings. The van der Waals surface area contributed by atoms with Crippen molar-refractivity contribution in [3.8, 4) is 0 Å². The molecule has 0 saturated heterocycles. The lowest BCUT2D eigenvalue weighted by Crippen LogP contribution is -1.93. The molecule has 0 fully saturated rings. The fourth-order valence-electron chi connectivity index (χ4n) is 2.12. The van der Waals surface area contributed by atoms with Gasteiger partial charge in [0.05, 0.1) is 0 Å². The summed E-state index contributed by atoms with van der Waals surface area (Å²) in [6, 6.07) is 0. The van der Waals surface area contributed by atoms with Crippen LogP contribution in [0.1, 0.15) is 90.4 Å². The molecule has 106 valence electrons. The molecular weight excluding hydrogens is 236 g/mol. The van der Waals surface area contributed by atoms with E-state index in [2.05, 4.69) is 6.92 Å². The quantitative estimate of drug-likeness (QED) is 0.401. The second-order valence-electron chi connectivity index (χ2n) is 5.03. The summed E-state index contributed by atoms with van der Waals surface area (Å²) in [6.07, 6.45) is 15.8. The van der Waals surface area contributed by atoms with Crippen molar-refractivity contribution in [3.05, 3.63) is 0 Å². The Bertz CT molecular complexity index is 172. The molecule has 0 radical (unpaired) electrons. The molecule has 0 aromatic rings. The van der Waals surface area contributed by atoms with Crippen LogP contribution in [0.5, 0.6) is 0 Å². The van der Waals surface area contributed by atoms with E-state index in [-0.39, 0.29) is 23.1 Å². The lowest BCUT2D eigenvalue weighted by Gasteiger charge is -2.02. The normalized spacial score (nSPS) is 10.1. The zero-order chi connectivity index (χ0) is 12.8. The summed E-state index contributed by atoms with van der Waals surface area (Å²) in [6.45, 7) is 2.25. The molecule has 0 aromatic heterocycles. The van der Waals surface area contributed by atoms with Crippen molar-refractivity contribution in [2.75, 3.05) is 0 Å². The van der Waals surface area contributed by atoms with Gasteiger partial charge in [0.25, 0.3) is 0 Å². The second-order valence-corrected chi connectivity index (χ2v) is 5.03. The molecule has 3 heteroatoms. The first-order valence-corrected chi connectivity index (χ1v) is 7.49. The summed E-state index contributed by atoms with van der Waals surface area (Å²) in [4.78, 5) is 10.3. The molecule has 0 atom stereocenters. The van der Waals surface area contributed by atoms with Gasteiger partial charge in [0.2, 0.25) is 0 Å². The van der Waals surface area contributed by atoms with Crippen LogP contribution < -0.4 is 0 Å². The van der Waals surface area contributed by atoms with Crippen molar-refractivity contribution >= 4 is 29.0 Å². The summed E-state index contributed by atoms with van der Waals surface area (Å²) in [5.74, 6) is -0.655. The van der Waals surface area contributed by atoms with E-state index in [9.17, 15) is 4.79 Å². The van der Waals surface area contributed by atoms with Gasteiger partial charge in [0.15, 0.2) is 0 Å². The number of hydrogen-bond acceptors (Lipinski definition) is 1. The Labute approximate surface area is 129 Å². The summed E-state index contributed by atoms with van der Waals surface area (Å²) in [5, 5.41) is 8.47. The van der Waals surface area contributed by atoms with Gasteiger partial charge in [0, 0.05) is 6.42 Å². The van der Waals surface area contributed by atoms with Crippen LogP contribution >= 0.6 is 0 Å². The topological polar surface area (TPSA) is 37.3 Å². The van der Waals surface area contributed by atoms with Crippen LogP contribution in [0, 0.1) is 0 Å². The minimum atomic E-state index is -0.655. The zero-order valence-electron chi connectivity index (χ0n) is 11.5. The highest BCUT2D eigenvalue weighted by Gasteiger charge is 1.96. The third-order valence-electron chi connectivity index (χ3n) is 3.24. The maximum Gasteiger partial charge on any atom is 0.316 e. The Morgan fingerprint density at radius 1 is 0.722 bits per heavy atom. The first-order valence-electron chi connectivity index (χ1n) is 7.49. The van der Waals surface area contributed by atoms with E-state index in [1.807, 2.05) is 0 Å². The maximum atomic E-state index is 10.3. The molecule has 1 N–H and O–H groups in total.